The molecule has 3 nitrogen and oxygen atoms in total. The number of alkyl halides is 1. The van der Waals surface area contributed by atoms with Gasteiger partial charge < -0.3 is 5.11 Å². The van der Waals surface area contributed by atoms with Crippen LogP contribution in [0.25, 0.3) is 11.1 Å². The van der Waals surface area contributed by atoms with Gasteiger partial charge in [-0.25, -0.2) is 4.79 Å². The first-order chi connectivity index (χ1) is 9.70. The molecular formula is C16H16BrNO2. The molecule has 1 amide bonds. The minimum atomic E-state index is -1.05. The maximum atomic E-state index is 10.9. The first-order valence-electron chi connectivity index (χ1n) is 6.45. The molecule has 104 valence electrons. The van der Waals surface area contributed by atoms with Crippen molar-refractivity contribution in [1.29, 1.82) is 0 Å². The summed E-state index contributed by atoms with van der Waals surface area (Å²) in [5.41, 5.74) is 3.75. The van der Waals surface area contributed by atoms with Gasteiger partial charge in [-0.15, -0.1) is 0 Å². The Morgan fingerprint density at radius 3 is 2.55 bits per heavy atom. The van der Waals surface area contributed by atoms with Crippen LogP contribution in [-0.4, -0.2) is 16.5 Å². The van der Waals surface area contributed by atoms with E-state index in [1.54, 1.807) is 0 Å². The van der Waals surface area contributed by atoms with E-state index in [2.05, 4.69) is 27.3 Å². The number of amides is 1. The Hall–Kier alpha value is -1.81. The Balaban J connectivity index is 2.40. The zero-order valence-electron chi connectivity index (χ0n) is 11.0. The number of nitrogens with one attached hydrogen (secondary N) is 1. The molecule has 0 unspecified atom stereocenters. The second kappa shape index (κ2) is 7.10. The predicted octanol–water partition coefficient (Wildman–Crippen LogP) is 4.77. The van der Waals surface area contributed by atoms with Gasteiger partial charge in [-0.3, -0.25) is 5.32 Å². The Morgan fingerprint density at radius 2 is 1.90 bits per heavy atom. The summed E-state index contributed by atoms with van der Waals surface area (Å²) in [6.07, 6.45) is 0.980. The van der Waals surface area contributed by atoms with E-state index in [1.165, 1.54) is 5.56 Å². The van der Waals surface area contributed by atoms with Gasteiger partial charge in [-0.2, -0.15) is 0 Å². The van der Waals surface area contributed by atoms with E-state index in [0.29, 0.717) is 5.69 Å². The molecule has 0 saturated heterocycles. The lowest BCUT2D eigenvalue weighted by Gasteiger charge is -2.12. The number of halogens is 1. The molecule has 0 radical (unpaired) electrons. The summed E-state index contributed by atoms with van der Waals surface area (Å²) < 4.78 is 0. The number of carbonyl (C=O) groups is 1. The minimum absolute atomic E-state index is 0.617. The molecule has 0 saturated carbocycles. The number of benzene rings is 2. The van der Waals surface area contributed by atoms with Crippen LogP contribution in [0.5, 0.6) is 0 Å². The third-order valence-electron chi connectivity index (χ3n) is 3.01. The molecule has 2 rings (SSSR count). The Kier molecular flexibility index (Phi) is 5.18. The normalized spacial score (nSPS) is 10.2. The highest BCUT2D eigenvalue weighted by atomic mass is 79.9. The standard InChI is InChI=1S/C16H16BrNO2/c17-10-4-5-12-8-9-15(18-16(19)20)14(11-12)13-6-2-1-3-7-13/h1-3,6-9,11,18H,4-5,10H2,(H,19,20). The molecule has 0 aliphatic carbocycles. The summed E-state index contributed by atoms with van der Waals surface area (Å²) in [6.45, 7) is 0. The van der Waals surface area contributed by atoms with Gasteiger partial charge in [0.1, 0.15) is 0 Å². The van der Waals surface area contributed by atoms with Gasteiger partial charge in [0, 0.05) is 10.9 Å². The van der Waals surface area contributed by atoms with E-state index >= 15 is 0 Å². The summed E-state index contributed by atoms with van der Waals surface area (Å²) in [5.74, 6) is 0. The third kappa shape index (κ3) is 3.84. The van der Waals surface area contributed by atoms with Gasteiger partial charge >= 0.3 is 6.09 Å². The summed E-state index contributed by atoms with van der Waals surface area (Å²) in [7, 11) is 0. The SMILES string of the molecule is O=C(O)Nc1ccc(CCCBr)cc1-c1ccccc1. The van der Waals surface area contributed by atoms with E-state index < -0.39 is 6.09 Å². The number of hydrogen-bond donors (Lipinski definition) is 2. The van der Waals surface area contributed by atoms with Crippen molar-refractivity contribution in [1.82, 2.24) is 0 Å². The van der Waals surface area contributed by atoms with Gasteiger partial charge in [0.25, 0.3) is 0 Å². The van der Waals surface area contributed by atoms with E-state index in [-0.39, 0.29) is 0 Å². The molecule has 0 fully saturated rings. The molecule has 0 spiro atoms. The van der Waals surface area contributed by atoms with Crippen LogP contribution in [0, 0.1) is 0 Å². The maximum Gasteiger partial charge on any atom is 0.409 e. The van der Waals surface area contributed by atoms with Crippen molar-refractivity contribution in [3.05, 3.63) is 54.1 Å². The summed E-state index contributed by atoms with van der Waals surface area (Å²) in [5, 5.41) is 12.4. The molecule has 2 N–H and O–H groups in total. The fraction of sp³-hybridized carbons (Fsp3) is 0.188. The second-order valence-electron chi connectivity index (χ2n) is 4.47. The predicted molar refractivity (Wildman–Crippen MR) is 85.6 cm³/mol. The summed E-state index contributed by atoms with van der Waals surface area (Å²) >= 11 is 3.43. The Labute approximate surface area is 126 Å². The molecule has 0 aromatic heterocycles. The highest BCUT2D eigenvalue weighted by Gasteiger charge is 2.08. The second-order valence-corrected chi connectivity index (χ2v) is 5.26. The van der Waals surface area contributed by atoms with Gasteiger partial charge in [-0.05, 0) is 36.1 Å². The molecule has 2 aromatic carbocycles. The van der Waals surface area contributed by atoms with E-state index in [9.17, 15) is 4.79 Å². The highest BCUT2D eigenvalue weighted by molar-refractivity contribution is 9.09. The van der Waals surface area contributed by atoms with Gasteiger partial charge in [0.15, 0.2) is 0 Å². The van der Waals surface area contributed by atoms with Crippen molar-refractivity contribution in [2.24, 2.45) is 0 Å². The zero-order chi connectivity index (χ0) is 14.4. The fourth-order valence-corrected chi connectivity index (χ4v) is 2.38. The van der Waals surface area contributed by atoms with Crippen LogP contribution in [0.3, 0.4) is 0 Å². The monoisotopic (exact) mass is 333 g/mol. The molecule has 0 heterocycles. The lowest BCUT2D eigenvalue weighted by molar-refractivity contribution is 0.210. The smallest absolute Gasteiger partial charge is 0.409 e. The summed E-state index contributed by atoms with van der Waals surface area (Å²) in [4.78, 5) is 10.9. The Bertz CT molecular complexity index is 584. The molecule has 0 aliphatic heterocycles. The number of carboxylic acid groups (broad SMARTS) is 1. The van der Waals surface area contributed by atoms with Crippen molar-refractivity contribution < 1.29 is 9.90 Å². The molecule has 4 heteroatoms. The van der Waals surface area contributed by atoms with Crippen molar-refractivity contribution in [2.45, 2.75) is 12.8 Å². The average molecular weight is 334 g/mol. The van der Waals surface area contributed by atoms with E-state index in [1.807, 2.05) is 42.5 Å². The van der Waals surface area contributed by atoms with Crippen LogP contribution >= 0.6 is 15.9 Å². The van der Waals surface area contributed by atoms with Gasteiger partial charge in [0.2, 0.25) is 0 Å². The van der Waals surface area contributed by atoms with Crippen LogP contribution in [-0.2, 0) is 6.42 Å². The van der Waals surface area contributed by atoms with Crippen molar-refractivity contribution in [3.8, 4) is 11.1 Å². The first kappa shape index (κ1) is 14.6. The lowest BCUT2D eigenvalue weighted by Crippen LogP contribution is -2.08. The highest BCUT2D eigenvalue weighted by Crippen LogP contribution is 2.29. The summed E-state index contributed by atoms with van der Waals surface area (Å²) in [6, 6.07) is 15.7. The van der Waals surface area contributed by atoms with Crippen molar-refractivity contribution in [3.63, 3.8) is 0 Å². The van der Waals surface area contributed by atoms with Crippen LogP contribution in [0.2, 0.25) is 0 Å². The molecule has 0 aliphatic rings. The van der Waals surface area contributed by atoms with E-state index in [0.717, 1.165) is 29.3 Å². The lowest BCUT2D eigenvalue weighted by atomic mass is 9.99. The van der Waals surface area contributed by atoms with Crippen LogP contribution in [0.4, 0.5) is 10.5 Å². The maximum absolute atomic E-state index is 10.9. The average Bonchev–Trinajstić information content (AvgIpc) is 2.46. The molecule has 2 aromatic rings. The number of hydrogen-bond acceptors (Lipinski definition) is 1. The van der Waals surface area contributed by atoms with Crippen molar-refractivity contribution in [2.75, 3.05) is 10.6 Å². The van der Waals surface area contributed by atoms with E-state index in [4.69, 9.17) is 5.11 Å². The van der Waals surface area contributed by atoms with Gasteiger partial charge in [-0.1, -0.05) is 52.3 Å². The molecule has 0 bridgehead atoms. The number of anilines is 1. The number of aryl methyl sites for hydroxylation is 1. The van der Waals surface area contributed by atoms with Gasteiger partial charge in [0.05, 0.1) is 5.69 Å². The quantitative estimate of drug-likeness (QED) is 0.774. The largest absolute Gasteiger partial charge is 0.465 e. The van der Waals surface area contributed by atoms with Crippen LogP contribution in [0.1, 0.15) is 12.0 Å². The molecule has 0 atom stereocenters. The van der Waals surface area contributed by atoms with Crippen molar-refractivity contribution >= 4 is 27.7 Å². The number of rotatable bonds is 5. The fourth-order valence-electron chi connectivity index (χ4n) is 2.10. The first-order valence-corrected chi connectivity index (χ1v) is 7.57. The molecular weight excluding hydrogens is 318 g/mol. The Morgan fingerprint density at radius 1 is 1.15 bits per heavy atom. The van der Waals surface area contributed by atoms with Crippen LogP contribution < -0.4 is 5.32 Å². The third-order valence-corrected chi connectivity index (χ3v) is 3.57. The molecule has 20 heavy (non-hydrogen) atoms. The van der Waals surface area contributed by atoms with Crippen LogP contribution in [0.15, 0.2) is 48.5 Å². The minimum Gasteiger partial charge on any atom is -0.465 e. The topological polar surface area (TPSA) is 49.3 Å². The zero-order valence-corrected chi connectivity index (χ0v) is 12.6.